The highest BCUT2D eigenvalue weighted by atomic mass is 79.9. The quantitative estimate of drug-likeness (QED) is 0.847. The molecule has 0 unspecified atom stereocenters. The first kappa shape index (κ1) is 14.8. The van der Waals surface area contributed by atoms with Crippen LogP contribution in [0.5, 0.6) is 0 Å². The van der Waals surface area contributed by atoms with Crippen LogP contribution in [-0.4, -0.2) is 16.1 Å². The lowest BCUT2D eigenvalue weighted by Gasteiger charge is -2.13. The first-order valence-electron chi connectivity index (χ1n) is 5.82. The predicted molar refractivity (Wildman–Crippen MR) is 83.1 cm³/mol. The molecule has 0 aliphatic heterocycles. The van der Waals surface area contributed by atoms with E-state index in [1.165, 1.54) is 0 Å². The Balaban J connectivity index is 2.50. The zero-order valence-corrected chi connectivity index (χ0v) is 13.2. The zero-order valence-electron chi connectivity index (χ0n) is 10.9. The molecule has 2 N–H and O–H groups in total. The summed E-state index contributed by atoms with van der Waals surface area (Å²) in [6.45, 7) is 3.56. The summed E-state index contributed by atoms with van der Waals surface area (Å²) in [6, 6.07) is 7.04. The smallest absolute Gasteiger partial charge is 0.339 e. The van der Waals surface area contributed by atoms with Crippen molar-refractivity contribution in [2.24, 2.45) is 0 Å². The summed E-state index contributed by atoms with van der Waals surface area (Å²) in [5.41, 5.74) is 2.15. The van der Waals surface area contributed by atoms with Crippen LogP contribution in [0.4, 0.5) is 11.5 Å². The third-order valence-electron chi connectivity index (χ3n) is 2.74. The monoisotopic (exact) mass is 354 g/mol. The van der Waals surface area contributed by atoms with Crippen molar-refractivity contribution < 1.29 is 9.90 Å². The van der Waals surface area contributed by atoms with Crippen molar-refractivity contribution in [3.63, 3.8) is 0 Å². The number of pyridine rings is 1. The molecule has 0 radical (unpaired) electrons. The number of anilines is 2. The number of rotatable bonds is 3. The third kappa shape index (κ3) is 3.11. The van der Waals surface area contributed by atoms with Crippen molar-refractivity contribution in [3.05, 3.63) is 50.6 Å². The Hall–Kier alpha value is -1.59. The summed E-state index contributed by atoms with van der Waals surface area (Å²) in [5, 5.41) is 12.8. The molecule has 1 aromatic heterocycles. The lowest BCUT2D eigenvalue weighted by atomic mass is 10.1. The minimum absolute atomic E-state index is 0.148. The second-order valence-electron chi connectivity index (χ2n) is 4.36. The van der Waals surface area contributed by atoms with Gasteiger partial charge in [-0.1, -0.05) is 27.5 Å². The lowest BCUT2D eigenvalue weighted by Crippen LogP contribution is -2.08. The van der Waals surface area contributed by atoms with Crippen molar-refractivity contribution in [2.75, 3.05) is 5.32 Å². The number of nitrogens with zero attached hydrogens (tertiary/aromatic N) is 1. The van der Waals surface area contributed by atoms with E-state index in [0.717, 1.165) is 10.2 Å². The van der Waals surface area contributed by atoms with Gasteiger partial charge < -0.3 is 10.4 Å². The number of benzene rings is 1. The van der Waals surface area contributed by atoms with E-state index in [1.54, 1.807) is 25.1 Å². The number of aryl methyl sites for hydroxylation is 2. The van der Waals surface area contributed by atoms with Gasteiger partial charge in [-0.25, -0.2) is 9.78 Å². The molecule has 4 nitrogen and oxygen atoms in total. The summed E-state index contributed by atoms with van der Waals surface area (Å²) in [6.07, 6.45) is 0. The standard InChI is InChI=1S/C14H12BrClN2O2/c1-7-5-8(2)17-13(12(7)14(19)20)18-11-4-3-9(15)6-10(11)16/h3-6H,1-2H3,(H,17,18)(H,19,20). The van der Waals surface area contributed by atoms with Gasteiger partial charge in [0, 0.05) is 10.2 Å². The highest BCUT2D eigenvalue weighted by Crippen LogP contribution is 2.30. The molecule has 0 saturated carbocycles. The van der Waals surface area contributed by atoms with Gasteiger partial charge in [-0.05, 0) is 43.7 Å². The molecule has 6 heteroatoms. The van der Waals surface area contributed by atoms with Crippen LogP contribution >= 0.6 is 27.5 Å². The molecule has 0 bridgehead atoms. The van der Waals surface area contributed by atoms with Gasteiger partial charge in [0.25, 0.3) is 0 Å². The Bertz CT molecular complexity index is 689. The maximum absolute atomic E-state index is 11.4. The Morgan fingerprint density at radius 3 is 2.65 bits per heavy atom. The molecule has 2 rings (SSSR count). The fraction of sp³-hybridized carbons (Fsp3) is 0.143. The van der Waals surface area contributed by atoms with Crippen LogP contribution in [0, 0.1) is 13.8 Å². The van der Waals surface area contributed by atoms with Crippen molar-refractivity contribution in [2.45, 2.75) is 13.8 Å². The van der Waals surface area contributed by atoms with Crippen LogP contribution in [-0.2, 0) is 0 Å². The number of halogens is 2. The Morgan fingerprint density at radius 2 is 2.05 bits per heavy atom. The van der Waals surface area contributed by atoms with Gasteiger partial charge >= 0.3 is 5.97 Å². The van der Waals surface area contributed by atoms with Crippen LogP contribution < -0.4 is 5.32 Å². The highest BCUT2D eigenvalue weighted by molar-refractivity contribution is 9.10. The lowest BCUT2D eigenvalue weighted by molar-refractivity contribution is 0.0697. The average molecular weight is 356 g/mol. The maximum Gasteiger partial charge on any atom is 0.339 e. The molecule has 0 atom stereocenters. The van der Waals surface area contributed by atoms with E-state index in [9.17, 15) is 9.90 Å². The van der Waals surface area contributed by atoms with Crippen LogP contribution in [0.2, 0.25) is 5.02 Å². The Labute approximate surface area is 129 Å². The number of hydrogen-bond donors (Lipinski definition) is 2. The average Bonchev–Trinajstić information content (AvgIpc) is 2.31. The molecule has 0 amide bonds. The van der Waals surface area contributed by atoms with E-state index in [2.05, 4.69) is 26.2 Å². The molecule has 0 aliphatic rings. The largest absolute Gasteiger partial charge is 0.478 e. The van der Waals surface area contributed by atoms with E-state index in [4.69, 9.17) is 11.6 Å². The van der Waals surface area contributed by atoms with Crippen LogP contribution in [0.3, 0.4) is 0 Å². The highest BCUT2D eigenvalue weighted by Gasteiger charge is 2.16. The zero-order chi connectivity index (χ0) is 14.9. The van der Waals surface area contributed by atoms with Gasteiger partial charge in [0.15, 0.2) is 0 Å². The summed E-state index contributed by atoms with van der Waals surface area (Å²) in [5.74, 6) is -0.732. The van der Waals surface area contributed by atoms with E-state index in [0.29, 0.717) is 22.1 Å². The molecule has 0 saturated heterocycles. The number of aromatic carboxylic acids is 1. The van der Waals surface area contributed by atoms with Crippen LogP contribution in [0.1, 0.15) is 21.6 Å². The summed E-state index contributed by atoms with van der Waals surface area (Å²) in [4.78, 5) is 15.6. The second kappa shape index (κ2) is 5.81. The van der Waals surface area contributed by atoms with Gasteiger partial charge in [0.1, 0.15) is 11.4 Å². The number of aromatic nitrogens is 1. The first-order valence-corrected chi connectivity index (χ1v) is 6.99. The normalized spacial score (nSPS) is 10.4. The van der Waals surface area contributed by atoms with Gasteiger partial charge in [0.05, 0.1) is 10.7 Å². The number of nitrogens with one attached hydrogen (secondary N) is 1. The minimum atomic E-state index is -1.02. The molecule has 0 fully saturated rings. The SMILES string of the molecule is Cc1cc(C)c(C(=O)O)c(Nc2ccc(Br)cc2Cl)n1. The van der Waals surface area contributed by atoms with Crippen molar-refractivity contribution in [1.82, 2.24) is 4.98 Å². The Morgan fingerprint density at radius 1 is 1.35 bits per heavy atom. The van der Waals surface area contributed by atoms with Gasteiger partial charge in [0.2, 0.25) is 0 Å². The topological polar surface area (TPSA) is 62.2 Å². The number of hydrogen-bond acceptors (Lipinski definition) is 3. The maximum atomic E-state index is 11.4. The van der Waals surface area contributed by atoms with Crippen LogP contribution in [0.15, 0.2) is 28.7 Å². The minimum Gasteiger partial charge on any atom is -0.478 e. The molecule has 0 spiro atoms. The van der Waals surface area contributed by atoms with Crippen molar-refractivity contribution in [3.8, 4) is 0 Å². The molecule has 20 heavy (non-hydrogen) atoms. The third-order valence-corrected chi connectivity index (χ3v) is 3.55. The molecule has 1 aromatic carbocycles. The van der Waals surface area contributed by atoms with E-state index < -0.39 is 5.97 Å². The van der Waals surface area contributed by atoms with E-state index in [-0.39, 0.29) is 5.56 Å². The second-order valence-corrected chi connectivity index (χ2v) is 5.68. The fourth-order valence-electron chi connectivity index (χ4n) is 1.92. The van der Waals surface area contributed by atoms with E-state index in [1.807, 2.05) is 13.0 Å². The molecule has 2 aromatic rings. The first-order chi connectivity index (χ1) is 9.38. The van der Waals surface area contributed by atoms with Crippen molar-refractivity contribution >= 4 is 45.0 Å². The predicted octanol–water partition coefficient (Wildman–Crippen LogP) is 4.56. The molecule has 104 valence electrons. The summed E-state index contributed by atoms with van der Waals surface area (Å²) >= 11 is 9.44. The molecule has 0 aliphatic carbocycles. The molecular formula is C14H12BrClN2O2. The van der Waals surface area contributed by atoms with Crippen molar-refractivity contribution in [1.29, 1.82) is 0 Å². The fourth-order valence-corrected chi connectivity index (χ4v) is 2.64. The number of carboxylic acid groups (broad SMARTS) is 1. The summed E-state index contributed by atoms with van der Waals surface area (Å²) < 4.78 is 0.847. The van der Waals surface area contributed by atoms with Crippen LogP contribution in [0.25, 0.3) is 0 Å². The van der Waals surface area contributed by atoms with E-state index >= 15 is 0 Å². The van der Waals surface area contributed by atoms with Gasteiger partial charge in [-0.2, -0.15) is 0 Å². The summed E-state index contributed by atoms with van der Waals surface area (Å²) in [7, 11) is 0. The molecule has 1 heterocycles. The number of carbonyl (C=O) groups is 1. The Kier molecular flexibility index (Phi) is 4.30. The van der Waals surface area contributed by atoms with Gasteiger partial charge in [-0.15, -0.1) is 0 Å². The van der Waals surface area contributed by atoms with Gasteiger partial charge in [-0.3, -0.25) is 0 Å². The molecular weight excluding hydrogens is 344 g/mol. The number of carboxylic acids is 1.